The van der Waals surface area contributed by atoms with Gasteiger partial charge in [0.2, 0.25) is 0 Å². The number of nitrogens with one attached hydrogen (secondary N) is 1. The molecule has 9 nitrogen and oxygen atoms in total. The first-order valence-electron chi connectivity index (χ1n) is 12.1. The van der Waals surface area contributed by atoms with E-state index in [0.29, 0.717) is 46.7 Å². The van der Waals surface area contributed by atoms with Gasteiger partial charge in [0.05, 0.1) is 24.9 Å². The Hall–Kier alpha value is -4.37. The molecule has 0 unspecified atom stereocenters. The van der Waals surface area contributed by atoms with Crippen LogP contribution in [0.1, 0.15) is 36.2 Å². The minimum absolute atomic E-state index is 0.236. The lowest BCUT2D eigenvalue weighted by molar-refractivity contribution is 0.0526. The van der Waals surface area contributed by atoms with E-state index < -0.39 is 17.2 Å². The van der Waals surface area contributed by atoms with E-state index in [1.165, 1.54) is 21.4 Å². The van der Waals surface area contributed by atoms with E-state index in [1.54, 1.807) is 55.5 Å². The standard InChI is InChI=1S/C28H27ClN4O5/c1-3-14-32-26(34)16-25(33(28(32)36)18-19-8-10-21(29)11-9-19)31-24-13-12-23(17-30-24)38-22-7-5-6-20(15-22)27(35)37-4-2/h5-13,15-17H,3-4,14,18H2,1-2H3,(H,30,31). The molecule has 0 saturated carbocycles. The number of pyridine rings is 1. The van der Waals surface area contributed by atoms with Crippen molar-refractivity contribution in [2.45, 2.75) is 33.4 Å². The van der Waals surface area contributed by atoms with Gasteiger partial charge in [-0.1, -0.05) is 36.7 Å². The number of anilines is 2. The summed E-state index contributed by atoms with van der Waals surface area (Å²) < 4.78 is 13.6. The lowest BCUT2D eigenvalue weighted by atomic mass is 10.2. The molecule has 38 heavy (non-hydrogen) atoms. The summed E-state index contributed by atoms with van der Waals surface area (Å²) in [6.45, 7) is 4.49. The smallest absolute Gasteiger partial charge is 0.338 e. The van der Waals surface area contributed by atoms with Crippen LogP contribution >= 0.6 is 11.6 Å². The molecule has 0 radical (unpaired) electrons. The molecule has 0 bridgehead atoms. The van der Waals surface area contributed by atoms with Crippen molar-refractivity contribution in [1.82, 2.24) is 14.1 Å². The Morgan fingerprint density at radius 2 is 1.76 bits per heavy atom. The first-order valence-corrected chi connectivity index (χ1v) is 12.5. The average Bonchev–Trinajstić information content (AvgIpc) is 2.91. The summed E-state index contributed by atoms with van der Waals surface area (Å²) >= 11 is 6.00. The molecule has 1 N–H and O–H groups in total. The van der Waals surface area contributed by atoms with Crippen LogP contribution in [0.3, 0.4) is 0 Å². The van der Waals surface area contributed by atoms with Crippen molar-refractivity contribution in [2.75, 3.05) is 11.9 Å². The van der Waals surface area contributed by atoms with Crippen LogP contribution in [-0.2, 0) is 17.8 Å². The third-order valence-corrected chi connectivity index (χ3v) is 5.81. The van der Waals surface area contributed by atoms with E-state index in [4.69, 9.17) is 21.1 Å². The third-order valence-electron chi connectivity index (χ3n) is 5.55. The molecule has 2 aromatic heterocycles. The highest BCUT2D eigenvalue weighted by Gasteiger charge is 2.13. The normalized spacial score (nSPS) is 10.7. The van der Waals surface area contributed by atoms with E-state index in [-0.39, 0.29) is 13.2 Å². The Morgan fingerprint density at radius 1 is 0.974 bits per heavy atom. The summed E-state index contributed by atoms with van der Waals surface area (Å²) in [7, 11) is 0. The Kier molecular flexibility index (Phi) is 8.60. The van der Waals surface area contributed by atoms with Crippen molar-refractivity contribution in [3.63, 3.8) is 0 Å². The van der Waals surface area contributed by atoms with Crippen molar-refractivity contribution in [1.29, 1.82) is 0 Å². The molecule has 0 spiro atoms. The second kappa shape index (κ2) is 12.2. The second-order valence-corrected chi connectivity index (χ2v) is 8.81. The van der Waals surface area contributed by atoms with Gasteiger partial charge in [0.1, 0.15) is 23.1 Å². The Morgan fingerprint density at radius 3 is 2.45 bits per heavy atom. The average molecular weight is 535 g/mol. The second-order valence-electron chi connectivity index (χ2n) is 8.37. The summed E-state index contributed by atoms with van der Waals surface area (Å²) in [5, 5.41) is 3.67. The van der Waals surface area contributed by atoms with Gasteiger partial charge in [0, 0.05) is 17.6 Å². The number of carbonyl (C=O) groups excluding carboxylic acids is 1. The van der Waals surface area contributed by atoms with Gasteiger partial charge in [-0.15, -0.1) is 0 Å². The molecule has 0 aliphatic carbocycles. The van der Waals surface area contributed by atoms with Crippen LogP contribution in [0.2, 0.25) is 5.02 Å². The summed E-state index contributed by atoms with van der Waals surface area (Å²) in [4.78, 5) is 42.2. The van der Waals surface area contributed by atoms with E-state index in [9.17, 15) is 14.4 Å². The fourth-order valence-electron chi connectivity index (χ4n) is 3.76. The van der Waals surface area contributed by atoms with Gasteiger partial charge >= 0.3 is 11.7 Å². The van der Waals surface area contributed by atoms with Crippen molar-refractivity contribution >= 4 is 29.2 Å². The van der Waals surface area contributed by atoms with Crippen LogP contribution in [0.15, 0.2) is 82.5 Å². The predicted molar refractivity (Wildman–Crippen MR) is 146 cm³/mol. The highest BCUT2D eigenvalue weighted by Crippen LogP contribution is 2.24. The largest absolute Gasteiger partial charge is 0.462 e. The van der Waals surface area contributed by atoms with Crippen molar-refractivity contribution in [3.05, 3.63) is 110 Å². The summed E-state index contributed by atoms with van der Waals surface area (Å²) in [5.41, 5.74) is 0.418. The first-order chi connectivity index (χ1) is 18.4. The first kappa shape index (κ1) is 26.7. The minimum Gasteiger partial charge on any atom is -0.462 e. The number of benzene rings is 2. The molecule has 4 aromatic rings. The van der Waals surface area contributed by atoms with Crippen LogP contribution in [0, 0.1) is 0 Å². The monoisotopic (exact) mass is 534 g/mol. The zero-order chi connectivity index (χ0) is 27.1. The Bertz CT molecular complexity index is 1530. The summed E-state index contributed by atoms with van der Waals surface area (Å²) in [6, 6.07) is 18.6. The highest BCUT2D eigenvalue weighted by atomic mass is 35.5. The number of rotatable bonds is 10. The number of hydrogen-bond acceptors (Lipinski definition) is 7. The van der Waals surface area contributed by atoms with Gasteiger partial charge in [-0.25, -0.2) is 14.6 Å². The molecule has 196 valence electrons. The molecule has 2 aromatic carbocycles. The Labute approximate surface area is 224 Å². The molecule has 0 aliphatic heterocycles. The fraction of sp³-hybridized carbons (Fsp3) is 0.214. The number of nitrogens with zero attached hydrogens (tertiary/aromatic N) is 3. The number of ether oxygens (including phenoxy) is 2. The van der Waals surface area contributed by atoms with E-state index in [1.807, 2.05) is 19.1 Å². The zero-order valence-corrected chi connectivity index (χ0v) is 21.8. The highest BCUT2D eigenvalue weighted by molar-refractivity contribution is 6.30. The topological polar surface area (TPSA) is 104 Å². The zero-order valence-electron chi connectivity index (χ0n) is 21.0. The Balaban J connectivity index is 1.57. The molecule has 10 heteroatoms. The SMILES string of the molecule is CCCn1c(=O)cc(Nc2ccc(Oc3cccc(C(=O)OCC)c3)cn2)n(Cc2ccc(Cl)cc2)c1=O. The van der Waals surface area contributed by atoms with Crippen molar-refractivity contribution < 1.29 is 14.3 Å². The molecular weight excluding hydrogens is 508 g/mol. The maximum Gasteiger partial charge on any atom is 0.338 e. The van der Waals surface area contributed by atoms with E-state index >= 15 is 0 Å². The number of aromatic nitrogens is 3. The summed E-state index contributed by atoms with van der Waals surface area (Å²) in [6.07, 6.45) is 2.15. The van der Waals surface area contributed by atoms with Crippen LogP contribution in [0.25, 0.3) is 0 Å². The van der Waals surface area contributed by atoms with Gasteiger partial charge in [-0.05, 0) is 61.4 Å². The lowest BCUT2D eigenvalue weighted by Gasteiger charge is -2.16. The third kappa shape index (κ3) is 6.49. The van der Waals surface area contributed by atoms with Crippen molar-refractivity contribution in [2.24, 2.45) is 0 Å². The van der Waals surface area contributed by atoms with Crippen LogP contribution < -0.4 is 21.3 Å². The van der Waals surface area contributed by atoms with Crippen LogP contribution in [0.4, 0.5) is 11.6 Å². The number of hydrogen-bond donors (Lipinski definition) is 1. The van der Waals surface area contributed by atoms with E-state index in [0.717, 1.165) is 5.56 Å². The van der Waals surface area contributed by atoms with Gasteiger partial charge in [-0.2, -0.15) is 0 Å². The summed E-state index contributed by atoms with van der Waals surface area (Å²) in [5.74, 6) is 1.18. The maximum atomic E-state index is 13.2. The predicted octanol–water partition coefficient (Wildman–Crippen LogP) is 5.23. The van der Waals surface area contributed by atoms with Crippen LogP contribution in [0.5, 0.6) is 11.5 Å². The molecule has 0 aliphatic rings. The fourth-order valence-corrected chi connectivity index (χ4v) is 3.88. The van der Waals surface area contributed by atoms with Gasteiger partial charge in [-0.3, -0.25) is 13.9 Å². The molecular formula is C28H27ClN4O5. The molecule has 0 fully saturated rings. The molecule has 0 saturated heterocycles. The number of halogens is 1. The quantitative estimate of drug-likeness (QED) is 0.278. The lowest BCUT2D eigenvalue weighted by Crippen LogP contribution is -2.40. The minimum atomic E-state index is -0.430. The molecule has 0 amide bonds. The van der Waals surface area contributed by atoms with Crippen LogP contribution in [-0.4, -0.2) is 26.7 Å². The maximum absolute atomic E-state index is 13.2. The molecule has 4 rings (SSSR count). The number of esters is 1. The van der Waals surface area contributed by atoms with Gasteiger partial charge in [0.25, 0.3) is 5.56 Å². The van der Waals surface area contributed by atoms with Gasteiger partial charge in [0.15, 0.2) is 0 Å². The number of carbonyl (C=O) groups is 1. The van der Waals surface area contributed by atoms with E-state index in [2.05, 4.69) is 10.3 Å². The molecule has 2 heterocycles. The van der Waals surface area contributed by atoms with Gasteiger partial charge < -0.3 is 14.8 Å². The van der Waals surface area contributed by atoms with Crippen molar-refractivity contribution in [3.8, 4) is 11.5 Å². The molecule has 0 atom stereocenters.